The van der Waals surface area contributed by atoms with E-state index in [0.717, 1.165) is 29.7 Å². The Morgan fingerprint density at radius 3 is 2.64 bits per heavy atom. The molecule has 0 radical (unpaired) electrons. The van der Waals surface area contributed by atoms with Gasteiger partial charge in [-0.2, -0.15) is 10.5 Å². The molecule has 2 aliphatic rings. The maximum atomic E-state index is 12.2. The zero-order chi connectivity index (χ0) is 20.3. The van der Waals surface area contributed by atoms with E-state index in [9.17, 15) is 4.79 Å². The summed E-state index contributed by atoms with van der Waals surface area (Å²) < 4.78 is 7.45. The van der Waals surface area contributed by atoms with Gasteiger partial charge in [-0.3, -0.25) is 4.68 Å². The minimum absolute atomic E-state index is 0.240. The first-order valence-corrected chi connectivity index (χ1v) is 9.79. The molecule has 1 atom stereocenters. The van der Waals surface area contributed by atoms with Crippen LogP contribution in [0.1, 0.15) is 52.1 Å². The van der Waals surface area contributed by atoms with Crippen LogP contribution in [0.15, 0.2) is 35.5 Å². The van der Waals surface area contributed by atoms with Crippen molar-refractivity contribution in [1.29, 1.82) is 0 Å². The monoisotopic (exact) mass is 387 g/mol. The number of carbonyl (C=O) groups is 1. The highest BCUT2D eigenvalue weighted by Gasteiger charge is 2.28. The summed E-state index contributed by atoms with van der Waals surface area (Å²) in [4.78, 5) is 14.0. The van der Waals surface area contributed by atoms with Crippen molar-refractivity contribution >= 4 is 17.9 Å². The van der Waals surface area contributed by atoms with Gasteiger partial charge in [-0.25, -0.2) is 4.79 Å². The first-order valence-electron chi connectivity index (χ1n) is 9.79. The van der Waals surface area contributed by atoms with Crippen LogP contribution in [0.4, 0.5) is 4.79 Å². The molecule has 0 aliphatic carbocycles. The summed E-state index contributed by atoms with van der Waals surface area (Å²) in [5, 5.41) is 8.75. The number of hydrogen-bond donors (Lipinski definition) is 2. The number of ether oxygens (including phenoxy) is 1. The van der Waals surface area contributed by atoms with Gasteiger partial charge in [0.1, 0.15) is 11.3 Å². The van der Waals surface area contributed by atoms with Crippen LogP contribution < -0.4 is 11.2 Å². The van der Waals surface area contributed by atoms with E-state index in [0.29, 0.717) is 19.0 Å². The van der Waals surface area contributed by atoms with Crippen LogP contribution in [-0.4, -0.2) is 45.7 Å². The average molecular weight is 388 g/mol. The third-order valence-corrected chi connectivity index (χ3v) is 4.99. The van der Waals surface area contributed by atoms with Gasteiger partial charge in [-0.1, -0.05) is 5.10 Å². The zero-order valence-electron chi connectivity index (χ0n) is 17.1. The summed E-state index contributed by atoms with van der Waals surface area (Å²) >= 11 is 0. The number of rotatable bonds is 3. The fourth-order valence-corrected chi connectivity index (χ4v) is 3.36. The molecule has 1 aromatic rings. The Morgan fingerprint density at radius 1 is 1.36 bits per heavy atom. The fraction of sp³-hybridized carbons (Fsp3) is 0.550. The molecule has 1 unspecified atom stereocenters. The number of amides is 1. The lowest BCUT2D eigenvalue weighted by molar-refractivity contribution is -0.608. The van der Waals surface area contributed by atoms with Crippen molar-refractivity contribution in [2.75, 3.05) is 13.1 Å². The predicted octanol–water partition coefficient (Wildman–Crippen LogP) is 1.84. The van der Waals surface area contributed by atoms with Crippen LogP contribution in [0, 0.1) is 5.92 Å². The molecule has 4 N–H and O–H groups in total. The maximum Gasteiger partial charge on any atom is 0.410 e. The summed E-state index contributed by atoms with van der Waals surface area (Å²) in [7, 11) is 0. The number of nitrogens with two attached hydrogens (primary N) is 2. The molecule has 0 aromatic carbocycles. The number of nitrogens with zero attached hydrogens (tertiary/aromatic N) is 4. The van der Waals surface area contributed by atoms with Crippen molar-refractivity contribution in [3.05, 3.63) is 35.9 Å². The number of allylic oxidation sites excluding steroid dienone is 3. The largest absolute Gasteiger partial charge is 0.444 e. The van der Waals surface area contributed by atoms with Gasteiger partial charge in [0, 0.05) is 42.7 Å². The van der Waals surface area contributed by atoms with Crippen LogP contribution in [0.25, 0.3) is 5.57 Å². The molecule has 1 saturated heterocycles. The lowest BCUT2D eigenvalue weighted by Crippen LogP contribution is -2.73. The Bertz CT molecular complexity index is 794. The van der Waals surface area contributed by atoms with Crippen molar-refractivity contribution in [2.24, 2.45) is 16.8 Å². The molecule has 8 nitrogen and oxygen atoms in total. The Morgan fingerprint density at radius 2 is 2.07 bits per heavy atom. The highest BCUT2D eigenvalue weighted by atomic mass is 16.6. The predicted molar refractivity (Wildman–Crippen MR) is 108 cm³/mol. The first-order chi connectivity index (χ1) is 13.3. The molecule has 0 spiro atoms. The molecule has 1 aromatic heterocycles. The van der Waals surface area contributed by atoms with E-state index in [1.807, 2.05) is 49.5 Å². The number of carbonyl (C=O) groups excluding carboxylic acids is 1. The topological polar surface area (TPSA) is 102 Å². The van der Waals surface area contributed by atoms with Gasteiger partial charge >= 0.3 is 6.09 Å². The third kappa shape index (κ3) is 4.81. The maximum absolute atomic E-state index is 12.2. The van der Waals surface area contributed by atoms with Crippen molar-refractivity contribution in [1.82, 2.24) is 14.7 Å². The molecule has 152 valence electrons. The number of aromatic nitrogens is 2. The standard InChI is InChI=1S/C20H30N6O2/c1-14-11-22-24-18(14)9-15(10-21)16-12-23-26(13-16)17-5-7-25(8-6-17)19(27)28-20(2,3)4/h9-14,17,24H,5-8,21H2,1-4H3/p+1. The number of likely N-dealkylation sites (tertiary alicyclic amines) is 1. The molecule has 8 heteroatoms. The Hall–Kier alpha value is -2.61. The number of piperidine rings is 1. The molecule has 3 heterocycles. The molecule has 1 amide bonds. The zero-order valence-corrected chi connectivity index (χ0v) is 17.1. The molecule has 0 saturated carbocycles. The van der Waals surface area contributed by atoms with E-state index >= 15 is 0 Å². The van der Waals surface area contributed by atoms with Gasteiger partial charge in [0.25, 0.3) is 0 Å². The second-order valence-corrected chi connectivity index (χ2v) is 8.39. The van der Waals surface area contributed by atoms with Crippen molar-refractivity contribution in [3.8, 4) is 0 Å². The minimum atomic E-state index is -0.469. The van der Waals surface area contributed by atoms with Crippen LogP contribution in [0.5, 0.6) is 0 Å². The van der Waals surface area contributed by atoms with Crippen molar-refractivity contribution < 1.29 is 15.0 Å². The molecule has 28 heavy (non-hydrogen) atoms. The number of hydrogen-bond acceptors (Lipinski definition) is 5. The SMILES string of the molecule is CC1C=N[NH2+]C1=CC(=CN)c1cnn(C2CCN(C(=O)OC(C)(C)C)CC2)c1. The van der Waals surface area contributed by atoms with Gasteiger partial charge in [0.2, 0.25) is 0 Å². The average Bonchev–Trinajstić information content (AvgIpc) is 3.28. The summed E-state index contributed by atoms with van der Waals surface area (Å²) in [5.74, 6) is 0.294. The second kappa shape index (κ2) is 8.18. The van der Waals surface area contributed by atoms with E-state index in [1.54, 1.807) is 11.1 Å². The highest BCUT2D eigenvalue weighted by Crippen LogP contribution is 2.25. The summed E-state index contributed by atoms with van der Waals surface area (Å²) in [6.07, 6.45) is 10.9. The Balaban J connectivity index is 1.61. The molecule has 2 aliphatic heterocycles. The normalized spacial score (nSPS) is 22.9. The van der Waals surface area contributed by atoms with E-state index in [1.165, 1.54) is 0 Å². The molecular formula is C20H31N6O2+. The van der Waals surface area contributed by atoms with Gasteiger partial charge in [-0.15, -0.1) is 0 Å². The van der Waals surface area contributed by atoms with Crippen LogP contribution in [0.3, 0.4) is 0 Å². The summed E-state index contributed by atoms with van der Waals surface area (Å²) in [5.41, 5.74) is 10.3. The second-order valence-electron chi connectivity index (χ2n) is 8.39. The Labute approximate surface area is 166 Å². The van der Waals surface area contributed by atoms with Gasteiger partial charge < -0.3 is 15.4 Å². The third-order valence-electron chi connectivity index (χ3n) is 4.99. The van der Waals surface area contributed by atoms with Gasteiger partial charge in [-0.05, 0) is 40.5 Å². The Kier molecular flexibility index (Phi) is 5.88. The number of quaternary nitrogens is 1. The molecular weight excluding hydrogens is 356 g/mol. The lowest BCUT2D eigenvalue weighted by Gasteiger charge is -2.33. The highest BCUT2D eigenvalue weighted by molar-refractivity contribution is 5.75. The van der Waals surface area contributed by atoms with Crippen LogP contribution in [-0.2, 0) is 4.74 Å². The fourth-order valence-electron chi connectivity index (χ4n) is 3.36. The van der Waals surface area contributed by atoms with E-state index < -0.39 is 5.60 Å². The smallest absolute Gasteiger partial charge is 0.410 e. The van der Waals surface area contributed by atoms with Crippen LogP contribution in [0.2, 0.25) is 0 Å². The molecule has 0 bridgehead atoms. The van der Waals surface area contributed by atoms with Crippen LogP contribution >= 0.6 is 0 Å². The summed E-state index contributed by atoms with van der Waals surface area (Å²) in [6.45, 7) is 9.10. The first kappa shape index (κ1) is 20.1. The summed E-state index contributed by atoms with van der Waals surface area (Å²) in [6, 6.07) is 0.263. The molecule has 3 rings (SSSR count). The van der Waals surface area contributed by atoms with E-state index in [4.69, 9.17) is 10.5 Å². The lowest BCUT2D eigenvalue weighted by atomic mass is 10.0. The van der Waals surface area contributed by atoms with Crippen molar-refractivity contribution in [2.45, 2.75) is 52.2 Å². The van der Waals surface area contributed by atoms with Gasteiger partial charge in [0.15, 0.2) is 0 Å². The molecule has 1 fully saturated rings. The van der Waals surface area contributed by atoms with Gasteiger partial charge in [0.05, 0.1) is 24.4 Å². The van der Waals surface area contributed by atoms with E-state index in [-0.39, 0.29) is 12.1 Å². The quantitative estimate of drug-likeness (QED) is 0.773. The van der Waals surface area contributed by atoms with Crippen molar-refractivity contribution in [3.63, 3.8) is 0 Å². The van der Waals surface area contributed by atoms with E-state index in [2.05, 4.69) is 23.2 Å². The minimum Gasteiger partial charge on any atom is -0.444 e.